The number of carbonyl (C=O) groups excluding carboxylic acids is 1. The Labute approximate surface area is 191 Å². The Hall–Kier alpha value is -3.55. The number of halogens is 1. The van der Waals surface area contributed by atoms with Gasteiger partial charge in [0.25, 0.3) is 0 Å². The lowest BCUT2D eigenvalue weighted by molar-refractivity contribution is -0.132. The first kappa shape index (κ1) is 21.3. The number of hydrogen-bond acceptors (Lipinski definition) is 5. The molecule has 1 aromatic heterocycles. The zero-order valence-electron chi connectivity index (χ0n) is 18.3. The van der Waals surface area contributed by atoms with E-state index in [1.807, 2.05) is 30.6 Å². The first-order chi connectivity index (χ1) is 16.0. The van der Waals surface area contributed by atoms with Crippen LogP contribution in [-0.2, 0) is 17.8 Å². The number of carbonyl (C=O) groups is 1. The second-order valence-electron chi connectivity index (χ2n) is 9.02. The van der Waals surface area contributed by atoms with Gasteiger partial charge >= 0.3 is 0 Å². The van der Waals surface area contributed by atoms with Crippen LogP contribution in [0.1, 0.15) is 36.8 Å². The zero-order valence-corrected chi connectivity index (χ0v) is 18.3. The first-order valence-corrected chi connectivity index (χ1v) is 11.4. The number of hydrogen-bond donors (Lipinski definition) is 2. The molecule has 3 aromatic rings. The van der Waals surface area contributed by atoms with Gasteiger partial charge < -0.3 is 15.3 Å². The molecule has 0 spiro atoms. The fraction of sp³-hybridized carbons (Fsp3) is 0.360. The highest BCUT2D eigenvalue weighted by atomic mass is 19.1. The summed E-state index contributed by atoms with van der Waals surface area (Å²) in [6.45, 7) is 0.812. The molecule has 2 fully saturated rings. The molecule has 1 amide bonds. The van der Waals surface area contributed by atoms with Crippen molar-refractivity contribution in [2.24, 2.45) is 16.9 Å². The number of hydrazone groups is 1. The van der Waals surface area contributed by atoms with Crippen LogP contribution in [0.25, 0.3) is 11.0 Å². The van der Waals surface area contributed by atoms with Gasteiger partial charge in [0.05, 0.1) is 29.3 Å². The molecule has 7 nitrogen and oxygen atoms in total. The highest BCUT2D eigenvalue weighted by Gasteiger charge is 2.48. The van der Waals surface area contributed by atoms with E-state index in [2.05, 4.69) is 19.6 Å². The molecule has 3 unspecified atom stereocenters. The van der Waals surface area contributed by atoms with Gasteiger partial charge in [-0.15, -0.1) is 0 Å². The number of rotatable bonds is 7. The summed E-state index contributed by atoms with van der Waals surface area (Å²) < 4.78 is 15.6. The van der Waals surface area contributed by atoms with Crippen LogP contribution in [0.3, 0.4) is 0 Å². The number of benzene rings is 2. The second-order valence-corrected chi connectivity index (χ2v) is 9.02. The molecule has 8 heteroatoms. The molecule has 5 rings (SSSR count). The number of imidazole rings is 1. The van der Waals surface area contributed by atoms with Gasteiger partial charge in [-0.05, 0) is 61.4 Å². The summed E-state index contributed by atoms with van der Waals surface area (Å²) in [5.41, 5.74) is 3.67. The fourth-order valence-corrected chi connectivity index (χ4v) is 5.55. The Bertz CT molecular complexity index is 1230. The van der Waals surface area contributed by atoms with Gasteiger partial charge in [-0.2, -0.15) is 5.10 Å². The molecule has 2 aliphatic heterocycles. The van der Waals surface area contributed by atoms with E-state index in [4.69, 9.17) is 11.3 Å². The number of nitrogens with zero attached hydrogens (tertiary/aromatic N) is 4. The number of nitrogens with one attached hydrogen (secondary N) is 1. The number of amides is 1. The molecular weight excluding hydrogens is 419 g/mol. The molecule has 0 radical (unpaired) electrons. The van der Waals surface area contributed by atoms with Gasteiger partial charge in [0.2, 0.25) is 5.91 Å². The van der Waals surface area contributed by atoms with Crippen molar-refractivity contribution >= 4 is 28.9 Å². The van der Waals surface area contributed by atoms with Crippen molar-refractivity contribution in [1.82, 2.24) is 14.5 Å². The lowest BCUT2D eigenvalue weighted by atomic mass is 9.89. The molecule has 0 saturated carbocycles. The Kier molecular flexibility index (Phi) is 5.66. The van der Waals surface area contributed by atoms with Crippen LogP contribution in [0.5, 0.6) is 0 Å². The average Bonchev–Trinajstić information content (AvgIpc) is 3.50. The molecule has 0 aliphatic carbocycles. The number of fused-ring (bicyclic) bond motifs is 3. The van der Waals surface area contributed by atoms with Gasteiger partial charge in [0.1, 0.15) is 5.82 Å². The number of aromatic nitrogens is 2. The van der Waals surface area contributed by atoms with Crippen LogP contribution in [-0.4, -0.2) is 44.4 Å². The molecule has 3 atom stereocenters. The maximum absolute atomic E-state index is 13.4. The lowest BCUT2D eigenvalue weighted by Gasteiger charge is -2.25. The minimum atomic E-state index is -0.259. The van der Waals surface area contributed by atoms with E-state index in [0.29, 0.717) is 24.8 Å². The fourth-order valence-electron chi connectivity index (χ4n) is 5.55. The van der Waals surface area contributed by atoms with Gasteiger partial charge in [-0.1, -0.05) is 18.2 Å². The van der Waals surface area contributed by atoms with Crippen molar-refractivity contribution in [3.05, 3.63) is 65.7 Å². The van der Waals surface area contributed by atoms with E-state index in [0.717, 1.165) is 48.0 Å². The maximum atomic E-state index is 13.4. The third-order valence-electron chi connectivity index (χ3n) is 7.04. The van der Waals surface area contributed by atoms with Crippen LogP contribution in [0.15, 0.2) is 53.9 Å². The monoisotopic (exact) mass is 446 g/mol. The summed E-state index contributed by atoms with van der Waals surface area (Å²) in [6.07, 6.45) is 7.24. The minimum absolute atomic E-state index is 0.175. The summed E-state index contributed by atoms with van der Waals surface area (Å²) in [6, 6.07) is 12.8. The van der Waals surface area contributed by atoms with E-state index in [9.17, 15) is 9.18 Å². The van der Waals surface area contributed by atoms with Gasteiger partial charge in [-0.25, -0.2) is 9.37 Å². The number of aryl methyl sites for hydroxylation is 1. The smallest absolute Gasteiger partial charge is 0.223 e. The molecule has 3 N–H and O–H groups in total. The maximum Gasteiger partial charge on any atom is 0.223 e. The quantitative estimate of drug-likeness (QED) is 0.330. The van der Waals surface area contributed by atoms with Crippen LogP contribution in [0, 0.1) is 17.1 Å². The first-order valence-electron chi connectivity index (χ1n) is 11.4. The predicted molar refractivity (Wildman–Crippen MR) is 126 cm³/mol. The molecule has 2 bridgehead atoms. The largest absolute Gasteiger partial charge is 0.336 e. The molecule has 2 saturated heterocycles. The van der Waals surface area contributed by atoms with Crippen molar-refractivity contribution in [2.75, 3.05) is 0 Å². The predicted octanol–water partition coefficient (Wildman–Crippen LogP) is 3.50. The van der Waals surface area contributed by atoms with Crippen LogP contribution in [0.4, 0.5) is 4.39 Å². The van der Waals surface area contributed by atoms with Crippen LogP contribution >= 0.6 is 0 Å². The number of nitrogens with two attached hydrogens (primary N) is 1. The van der Waals surface area contributed by atoms with E-state index in [1.165, 1.54) is 18.3 Å². The van der Waals surface area contributed by atoms with E-state index in [1.54, 1.807) is 6.07 Å². The van der Waals surface area contributed by atoms with Crippen LogP contribution < -0.4 is 5.84 Å². The Morgan fingerprint density at radius 3 is 2.97 bits per heavy atom. The van der Waals surface area contributed by atoms with Crippen molar-refractivity contribution in [2.45, 2.75) is 50.7 Å². The van der Waals surface area contributed by atoms with Crippen molar-refractivity contribution in [3.8, 4) is 0 Å². The topological polar surface area (TPSA) is 100 Å². The Morgan fingerprint density at radius 1 is 1.27 bits per heavy atom. The highest BCUT2D eigenvalue weighted by molar-refractivity contribution is 6.37. The molecule has 2 aliphatic rings. The lowest BCUT2D eigenvalue weighted by Crippen LogP contribution is -2.37. The van der Waals surface area contributed by atoms with Crippen molar-refractivity contribution in [3.63, 3.8) is 0 Å². The molecule has 3 heterocycles. The van der Waals surface area contributed by atoms with E-state index < -0.39 is 0 Å². The van der Waals surface area contributed by atoms with Gasteiger partial charge in [0, 0.05) is 30.6 Å². The van der Waals surface area contributed by atoms with Crippen LogP contribution in [0.2, 0.25) is 0 Å². The average molecular weight is 447 g/mol. The summed E-state index contributed by atoms with van der Waals surface area (Å²) in [5.74, 6) is 5.46. The molecule has 2 aromatic carbocycles. The Morgan fingerprint density at radius 2 is 2.15 bits per heavy atom. The normalized spacial score (nSPS) is 22.0. The van der Waals surface area contributed by atoms with E-state index in [-0.39, 0.29) is 23.5 Å². The third kappa shape index (κ3) is 4.13. The summed E-state index contributed by atoms with van der Waals surface area (Å²) in [4.78, 5) is 19.7. The van der Waals surface area contributed by atoms with E-state index >= 15 is 0 Å². The van der Waals surface area contributed by atoms with Crippen molar-refractivity contribution in [1.29, 1.82) is 5.41 Å². The third-order valence-corrected chi connectivity index (χ3v) is 7.04. The van der Waals surface area contributed by atoms with Gasteiger partial charge in [-0.3, -0.25) is 10.2 Å². The second kappa shape index (κ2) is 8.77. The molecule has 170 valence electrons. The zero-order chi connectivity index (χ0) is 22.9. The van der Waals surface area contributed by atoms with Crippen molar-refractivity contribution < 1.29 is 9.18 Å². The summed E-state index contributed by atoms with van der Waals surface area (Å²) >= 11 is 0. The highest BCUT2D eigenvalue weighted by Crippen LogP contribution is 2.43. The Balaban J connectivity index is 1.26. The standard InChI is InChI=1S/C25H27FN6O/c26-19-3-1-2-16(10-19)4-9-25(33)32-20-6-8-23(32)18(11-20)14-31-15-29-22-12-17(5-7-24(22)31)21(27)13-30-28/h1-3,5,7,10,12-13,15,18,20,23,27H,4,6,8-9,11,14,28H2/b27-21?,30-13-. The summed E-state index contributed by atoms with van der Waals surface area (Å²) in [5, 5.41) is 11.4. The molecule has 33 heavy (non-hydrogen) atoms. The summed E-state index contributed by atoms with van der Waals surface area (Å²) in [7, 11) is 0. The van der Waals surface area contributed by atoms with Gasteiger partial charge in [0.15, 0.2) is 0 Å². The minimum Gasteiger partial charge on any atom is -0.336 e. The SMILES string of the molecule is N=C(/C=N\N)c1ccc2c(c1)ncn2CC1CC2CCC1N2C(=O)CCc1cccc(F)c1. The molecular formula is C25H27FN6O.